The van der Waals surface area contributed by atoms with Gasteiger partial charge in [0, 0.05) is 0 Å². The Labute approximate surface area is 85.2 Å². The number of carbonyl (C=O) groups excluding carboxylic acids is 1. The standard InChI is InChI=1S/C10H20N2O2/c1-3-6-12-9(10(11)13)8-5-4-7(2)14-8/h7-9,12H,3-6H2,1-2H3,(H2,11,13). The highest BCUT2D eigenvalue weighted by atomic mass is 16.5. The maximum atomic E-state index is 11.2. The van der Waals surface area contributed by atoms with Crippen LogP contribution in [0.1, 0.15) is 33.1 Å². The molecule has 0 bridgehead atoms. The number of hydrogen-bond acceptors (Lipinski definition) is 3. The third kappa shape index (κ3) is 2.96. The Balaban J connectivity index is 2.45. The molecule has 0 aliphatic carbocycles. The van der Waals surface area contributed by atoms with E-state index in [4.69, 9.17) is 10.5 Å². The fraction of sp³-hybridized carbons (Fsp3) is 0.900. The molecule has 1 aliphatic rings. The first kappa shape index (κ1) is 11.5. The molecule has 0 spiro atoms. The number of rotatable bonds is 5. The van der Waals surface area contributed by atoms with Crippen LogP contribution >= 0.6 is 0 Å². The van der Waals surface area contributed by atoms with Crippen molar-refractivity contribution in [2.75, 3.05) is 6.54 Å². The average Bonchev–Trinajstić information content (AvgIpc) is 2.52. The number of nitrogens with one attached hydrogen (secondary N) is 1. The Kier molecular flexibility index (Phi) is 4.35. The van der Waals surface area contributed by atoms with Crippen molar-refractivity contribution in [3.63, 3.8) is 0 Å². The molecule has 82 valence electrons. The van der Waals surface area contributed by atoms with E-state index in [9.17, 15) is 4.79 Å². The molecular formula is C10H20N2O2. The second-order valence-corrected chi connectivity index (χ2v) is 3.90. The van der Waals surface area contributed by atoms with Gasteiger partial charge >= 0.3 is 0 Å². The molecule has 4 nitrogen and oxygen atoms in total. The highest BCUT2D eigenvalue weighted by molar-refractivity contribution is 5.80. The predicted molar refractivity (Wildman–Crippen MR) is 54.8 cm³/mol. The topological polar surface area (TPSA) is 64.3 Å². The number of carbonyl (C=O) groups is 1. The van der Waals surface area contributed by atoms with Gasteiger partial charge in [0.1, 0.15) is 6.04 Å². The smallest absolute Gasteiger partial charge is 0.237 e. The molecule has 1 saturated heterocycles. The third-order valence-corrected chi connectivity index (χ3v) is 2.56. The van der Waals surface area contributed by atoms with Crippen LogP contribution in [0.4, 0.5) is 0 Å². The van der Waals surface area contributed by atoms with E-state index in [1.807, 2.05) is 6.92 Å². The van der Waals surface area contributed by atoms with Gasteiger partial charge < -0.3 is 15.8 Å². The monoisotopic (exact) mass is 200 g/mol. The molecule has 1 rings (SSSR count). The minimum Gasteiger partial charge on any atom is -0.373 e. The molecular weight excluding hydrogens is 180 g/mol. The van der Waals surface area contributed by atoms with E-state index in [2.05, 4.69) is 12.2 Å². The van der Waals surface area contributed by atoms with E-state index < -0.39 is 0 Å². The molecule has 0 saturated carbocycles. The second kappa shape index (κ2) is 5.32. The molecule has 14 heavy (non-hydrogen) atoms. The van der Waals surface area contributed by atoms with Gasteiger partial charge in [0.2, 0.25) is 5.91 Å². The van der Waals surface area contributed by atoms with E-state index in [1.54, 1.807) is 0 Å². The van der Waals surface area contributed by atoms with Gasteiger partial charge in [-0.2, -0.15) is 0 Å². The first-order valence-electron chi connectivity index (χ1n) is 5.33. The molecule has 1 aliphatic heterocycles. The lowest BCUT2D eigenvalue weighted by Gasteiger charge is -2.21. The van der Waals surface area contributed by atoms with Crippen molar-refractivity contribution in [2.45, 2.75) is 51.4 Å². The van der Waals surface area contributed by atoms with Crippen molar-refractivity contribution in [3.05, 3.63) is 0 Å². The number of amides is 1. The Morgan fingerprint density at radius 3 is 2.79 bits per heavy atom. The van der Waals surface area contributed by atoms with Crippen LogP contribution in [0.25, 0.3) is 0 Å². The Morgan fingerprint density at radius 1 is 1.64 bits per heavy atom. The van der Waals surface area contributed by atoms with Crippen molar-refractivity contribution in [3.8, 4) is 0 Å². The molecule has 1 heterocycles. The van der Waals surface area contributed by atoms with E-state index in [-0.39, 0.29) is 24.2 Å². The van der Waals surface area contributed by atoms with Crippen molar-refractivity contribution in [1.29, 1.82) is 0 Å². The summed E-state index contributed by atoms with van der Waals surface area (Å²) in [5, 5.41) is 3.13. The van der Waals surface area contributed by atoms with E-state index >= 15 is 0 Å². The van der Waals surface area contributed by atoms with Gasteiger partial charge in [-0.25, -0.2) is 0 Å². The summed E-state index contributed by atoms with van der Waals surface area (Å²) in [4.78, 5) is 11.2. The summed E-state index contributed by atoms with van der Waals surface area (Å²) >= 11 is 0. The van der Waals surface area contributed by atoms with Crippen molar-refractivity contribution < 1.29 is 9.53 Å². The summed E-state index contributed by atoms with van der Waals surface area (Å²) in [6.07, 6.45) is 3.15. The van der Waals surface area contributed by atoms with Gasteiger partial charge in [0.05, 0.1) is 12.2 Å². The predicted octanol–water partition coefficient (Wildman–Crippen LogP) is 0.407. The number of hydrogen-bond donors (Lipinski definition) is 2. The summed E-state index contributed by atoms with van der Waals surface area (Å²) in [6.45, 7) is 4.89. The fourth-order valence-corrected chi connectivity index (χ4v) is 1.79. The summed E-state index contributed by atoms with van der Waals surface area (Å²) in [7, 11) is 0. The van der Waals surface area contributed by atoms with Crippen molar-refractivity contribution >= 4 is 5.91 Å². The largest absolute Gasteiger partial charge is 0.373 e. The fourth-order valence-electron chi connectivity index (χ4n) is 1.79. The van der Waals surface area contributed by atoms with Gasteiger partial charge in [-0.3, -0.25) is 4.79 Å². The minimum absolute atomic E-state index is 0.0333. The lowest BCUT2D eigenvalue weighted by atomic mass is 10.1. The lowest BCUT2D eigenvalue weighted by molar-refractivity contribution is -0.123. The van der Waals surface area contributed by atoms with Gasteiger partial charge in [-0.05, 0) is 32.7 Å². The van der Waals surface area contributed by atoms with Crippen LogP contribution in [-0.4, -0.2) is 30.7 Å². The summed E-state index contributed by atoms with van der Waals surface area (Å²) in [5.41, 5.74) is 5.32. The highest BCUT2D eigenvalue weighted by Crippen LogP contribution is 2.21. The molecule has 0 aromatic carbocycles. The first-order valence-corrected chi connectivity index (χ1v) is 5.33. The Hall–Kier alpha value is -0.610. The summed E-state index contributed by atoms with van der Waals surface area (Å²) in [5.74, 6) is -0.308. The third-order valence-electron chi connectivity index (χ3n) is 2.56. The molecule has 3 N–H and O–H groups in total. The normalized spacial score (nSPS) is 29.0. The van der Waals surface area contributed by atoms with Crippen LogP contribution in [0.5, 0.6) is 0 Å². The van der Waals surface area contributed by atoms with Crippen LogP contribution in [0, 0.1) is 0 Å². The molecule has 0 aromatic rings. The molecule has 4 heteroatoms. The molecule has 0 radical (unpaired) electrons. The van der Waals surface area contributed by atoms with E-state index in [1.165, 1.54) is 0 Å². The van der Waals surface area contributed by atoms with E-state index in [0.717, 1.165) is 25.8 Å². The van der Waals surface area contributed by atoms with Crippen LogP contribution in [0.3, 0.4) is 0 Å². The zero-order valence-corrected chi connectivity index (χ0v) is 8.95. The summed E-state index contributed by atoms with van der Waals surface area (Å²) < 4.78 is 5.62. The molecule has 1 fully saturated rings. The number of nitrogens with two attached hydrogens (primary N) is 1. The van der Waals surface area contributed by atoms with Gasteiger partial charge in [0.15, 0.2) is 0 Å². The minimum atomic E-state index is -0.320. The van der Waals surface area contributed by atoms with Crippen LogP contribution < -0.4 is 11.1 Å². The lowest BCUT2D eigenvalue weighted by Crippen LogP contribution is -2.49. The van der Waals surface area contributed by atoms with Crippen LogP contribution in [0.15, 0.2) is 0 Å². The highest BCUT2D eigenvalue weighted by Gasteiger charge is 2.32. The Morgan fingerprint density at radius 2 is 2.36 bits per heavy atom. The zero-order chi connectivity index (χ0) is 10.6. The maximum Gasteiger partial charge on any atom is 0.237 e. The van der Waals surface area contributed by atoms with Crippen LogP contribution in [0.2, 0.25) is 0 Å². The molecule has 1 amide bonds. The van der Waals surface area contributed by atoms with Crippen molar-refractivity contribution in [2.24, 2.45) is 5.73 Å². The molecule has 3 atom stereocenters. The summed E-state index contributed by atoms with van der Waals surface area (Å²) in [6, 6.07) is -0.320. The number of primary amides is 1. The first-order chi connectivity index (χ1) is 6.65. The zero-order valence-electron chi connectivity index (χ0n) is 8.95. The average molecular weight is 200 g/mol. The Bertz CT molecular complexity index is 197. The molecule has 0 aromatic heterocycles. The maximum absolute atomic E-state index is 11.2. The SMILES string of the molecule is CCCNC(C(N)=O)C1CCC(C)O1. The van der Waals surface area contributed by atoms with Crippen LogP contribution in [-0.2, 0) is 9.53 Å². The molecule has 3 unspecified atom stereocenters. The van der Waals surface area contributed by atoms with Gasteiger partial charge in [-0.1, -0.05) is 6.92 Å². The quantitative estimate of drug-likeness (QED) is 0.675. The van der Waals surface area contributed by atoms with Gasteiger partial charge in [-0.15, -0.1) is 0 Å². The van der Waals surface area contributed by atoms with Gasteiger partial charge in [0.25, 0.3) is 0 Å². The van der Waals surface area contributed by atoms with Crippen molar-refractivity contribution in [1.82, 2.24) is 5.32 Å². The number of ether oxygens (including phenoxy) is 1. The second-order valence-electron chi connectivity index (χ2n) is 3.90. The van der Waals surface area contributed by atoms with E-state index in [0.29, 0.717) is 0 Å².